The Labute approximate surface area is 160 Å². The van der Waals surface area contributed by atoms with Crippen molar-refractivity contribution in [2.75, 3.05) is 18.8 Å². The first-order valence-electron chi connectivity index (χ1n) is 8.88. The highest BCUT2D eigenvalue weighted by Crippen LogP contribution is 2.28. The summed E-state index contributed by atoms with van der Waals surface area (Å²) in [7, 11) is -3.24. The van der Waals surface area contributed by atoms with Crippen molar-refractivity contribution in [3.8, 4) is 5.75 Å². The van der Waals surface area contributed by atoms with Crippen molar-refractivity contribution < 1.29 is 13.2 Å². The largest absolute Gasteiger partial charge is 0.489 e. The Morgan fingerprint density at radius 2 is 1.81 bits per heavy atom. The molecule has 0 bridgehead atoms. The van der Waals surface area contributed by atoms with Gasteiger partial charge in [-0.15, -0.1) is 0 Å². The molecular weight excluding hydrogens is 370 g/mol. The Kier molecular flexibility index (Phi) is 6.22. The van der Waals surface area contributed by atoms with Gasteiger partial charge in [-0.2, -0.15) is 0 Å². The van der Waals surface area contributed by atoms with E-state index in [0.717, 1.165) is 11.1 Å². The molecule has 0 aromatic heterocycles. The Bertz CT molecular complexity index is 831. The molecule has 0 amide bonds. The summed E-state index contributed by atoms with van der Waals surface area (Å²) in [4.78, 5) is 0. The standard InChI is InChI=1S/C20H24ClNO3S/c1-16-7-8-20(19(21)15-16)25-18-9-12-22(13-10-18)26(23,24)14-11-17-5-3-2-4-6-17/h2-8,15,18H,9-14H2,1H3. The number of hydrogen-bond donors (Lipinski definition) is 0. The van der Waals surface area contributed by atoms with Crippen LogP contribution in [0, 0.1) is 6.92 Å². The molecular formula is C20H24ClNO3S. The van der Waals surface area contributed by atoms with Gasteiger partial charge in [0.15, 0.2) is 0 Å². The minimum absolute atomic E-state index is 0.00391. The number of rotatable bonds is 6. The van der Waals surface area contributed by atoms with Gasteiger partial charge in [0, 0.05) is 13.1 Å². The van der Waals surface area contributed by atoms with Crippen LogP contribution in [0.25, 0.3) is 0 Å². The maximum atomic E-state index is 12.6. The monoisotopic (exact) mass is 393 g/mol. The number of benzene rings is 2. The lowest BCUT2D eigenvalue weighted by molar-refractivity contribution is 0.135. The molecule has 140 valence electrons. The van der Waals surface area contributed by atoms with E-state index >= 15 is 0 Å². The fourth-order valence-electron chi connectivity index (χ4n) is 3.13. The average Bonchev–Trinajstić information content (AvgIpc) is 2.64. The van der Waals surface area contributed by atoms with E-state index in [0.29, 0.717) is 43.1 Å². The van der Waals surface area contributed by atoms with Crippen LogP contribution < -0.4 is 4.74 Å². The second-order valence-corrected chi connectivity index (χ2v) is 9.20. The molecule has 0 N–H and O–H groups in total. The highest BCUT2D eigenvalue weighted by atomic mass is 35.5. The van der Waals surface area contributed by atoms with Gasteiger partial charge in [-0.05, 0) is 49.4 Å². The Hall–Kier alpha value is -1.56. The summed E-state index contributed by atoms with van der Waals surface area (Å²) in [5, 5.41) is 0.600. The van der Waals surface area contributed by atoms with E-state index < -0.39 is 10.0 Å². The van der Waals surface area contributed by atoms with Crippen molar-refractivity contribution in [3.63, 3.8) is 0 Å². The molecule has 0 radical (unpaired) electrons. The second kappa shape index (κ2) is 8.42. The van der Waals surface area contributed by atoms with Crippen LogP contribution in [0.15, 0.2) is 48.5 Å². The predicted molar refractivity (Wildman–Crippen MR) is 105 cm³/mol. The van der Waals surface area contributed by atoms with Crippen molar-refractivity contribution in [1.29, 1.82) is 0 Å². The minimum Gasteiger partial charge on any atom is -0.489 e. The number of nitrogens with zero attached hydrogens (tertiary/aromatic N) is 1. The first kappa shape index (κ1) is 19.2. The molecule has 1 fully saturated rings. The van der Waals surface area contributed by atoms with Crippen LogP contribution in [0.1, 0.15) is 24.0 Å². The quantitative estimate of drug-likeness (QED) is 0.743. The maximum absolute atomic E-state index is 12.6. The molecule has 1 heterocycles. The summed E-state index contributed by atoms with van der Waals surface area (Å²) >= 11 is 6.22. The molecule has 0 spiro atoms. The maximum Gasteiger partial charge on any atom is 0.214 e. The molecule has 4 nitrogen and oxygen atoms in total. The SMILES string of the molecule is Cc1ccc(OC2CCN(S(=O)(=O)CCc3ccccc3)CC2)c(Cl)c1. The van der Waals surface area contributed by atoms with E-state index in [1.165, 1.54) is 0 Å². The summed E-state index contributed by atoms with van der Waals surface area (Å²) < 4.78 is 32.7. The molecule has 0 aliphatic carbocycles. The predicted octanol–water partition coefficient (Wildman–Crippen LogP) is 4.06. The van der Waals surface area contributed by atoms with Gasteiger partial charge >= 0.3 is 0 Å². The molecule has 0 saturated carbocycles. The minimum atomic E-state index is -3.24. The molecule has 1 aliphatic rings. The molecule has 0 atom stereocenters. The molecule has 1 saturated heterocycles. The van der Waals surface area contributed by atoms with Crippen molar-refractivity contribution in [2.24, 2.45) is 0 Å². The van der Waals surface area contributed by atoms with Crippen LogP contribution in [0.5, 0.6) is 5.75 Å². The van der Waals surface area contributed by atoms with Gasteiger partial charge in [-0.3, -0.25) is 0 Å². The number of halogens is 1. The van der Waals surface area contributed by atoms with E-state index in [4.69, 9.17) is 16.3 Å². The van der Waals surface area contributed by atoms with E-state index in [1.807, 2.05) is 55.5 Å². The van der Waals surface area contributed by atoms with Crippen LogP contribution >= 0.6 is 11.6 Å². The molecule has 0 unspecified atom stereocenters. The van der Waals surface area contributed by atoms with Gasteiger partial charge in [0.05, 0.1) is 10.8 Å². The van der Waals surface area contributed by atoms with Crippen LogP contribution in [0.4, 0.5) is 0 Å². The lowest BCUT2D eigenvalue weighted by Crippen LogP contribution is -2.43. The van der Waals surface area contributed by atoms with Gasteiger partial charge in [-0.1, -0.05) is 48.0 Å². The lowest BCUT2D eigenvalue weighted by Gasteiger charge is -2.31. The Balaban J connectivity index is 1.52. The lowest BCUT2D eigenvalue weighted by atomic mass is 10.1. The Morgan fingerprint density at radius 1 is 1.12 bits per heavy atom. The van der Waals surface area contributed by atoms with E-state index in [-0.39, 0.29) is 11.9 Å². The average molecular weight is 394 g/mol. The van der Waals surface area contributed by atoms with Crippen LogP contribution in [-0.4, -0.2) is 37.7 Å². The summed E-state index contributed by atoms with van der Waals surface area (Å²) in [6.45, 7) is 2.96. The zero-order valence-electron chi connectivity index (χ0n) is 14.9. The summed E-state index contributed by atoms with van der Waals surface area (Å²) in [6.07, 6.45) is 1.89. The molecule has 1 aliphatic heterocycles. The normalized spacial score (nSPS) is 16.5. The van der Waals surface area contributed by atoms with Gasteiger partial charge in [-0.25, -0.2) is 12.7 Å². The first-order chi connectivity index (χ1) is 12.4. The molecule has 2 aromatic rings. The van der Waals surface area contributed by atoms with Gasteiger partial charge in [0.25, 0.3) is 0 Å². The molecule has 26 heavy (non-hydrogen) atoms. The van der Waals surface area contributed by atoms with Gasteiger partial charge < -0.3 is 4.74 Å². The fraction of sp³-hybridized carbons (Fsp3) is 0.400. The summed E-state index contributed by atoms with van der Waals surface area (Å²) in [5.74, 6) is 0.814. The molecule has 6 heteroatoms. The third-order valence-corrected chi connectivity index (χ3v) is 6.83. The van der Waals surface area contributed by atoms with Crippen LogP contribution in [-0.2, 0) is 16.4 Å². The van der Waals surface area contributed by atoms with Crippen LogP contribution in [0.3, 0.4) is 0 Å². The third kappa shape index (κ3) is 5.00. The molecule has 2 aromatic carbocycles. The van der Waals surface area contributed by atoms with Crippen LogP contribution in [0.2, 0.25) is 5.02 Å². The number of piperidine rings is 1. The summed E-state index contributed by atoms with van der Waals surface area (Å²) in [5.41, 5.74) is 2.13. The fourth-order valence-corrected chi connectivity index (χ4v) is 4.93. The highest BCUT2D eigenvalue weighted by molar-refractivity contribution is 7.89. The van der Waals surface area contributed by atoms with E-state index in [1.54, 1.807) is 4.31 Å². The Morgan fingerprint density at radius 3 is 2.46 bits per heavy atom. The topological polar surface area (TPSA) is 46.6 Å². The number of ether oxygens (including phenoxy) is 1. The number of aryl methyl sites for hydroxylation is 2. The van der Waals surface area contributed by atoms with Crippen molar-refractivity contribution in [3.05, 3.63) is 64.7 Å². The van der Waals surface area contributed by atoms with Gasteiger partial charge in [0.2, 0.25) is 10.0 Å². The van der Waals surface area contributed by atoms with E-state index in [2.05, 4.69) is 0 Å². The number of sulfonamides is 1. The zero-order chi connectivity index (χ0) is 18.6. The molecule has 3 rings (SSSR count). The summed E-state index contributed by atoms with van der Waals surface area (Å²) in [6, 6.07) is 15.4. The highest BCUT2D eigenvalue weighted by Gasteiger charge is 2.28. The second-order valence-electron chi connectivity index (χ2n) is 6.70. The van der Waals surface area contributed by atoms with Gasteiger partial charge in [0.1, 0.15) is 11.9 Å². The van der Waals surface area contributed by atoms with Crippen molar-refractivity contribution >= 4 is 21.6 Å². The smallest absolute Gasteiger partial charge is 0.214 e. The van der Waals surface area contributed by atoms with E-state index in [9.17, 15) is 8.42 Å². The first-order valence-corrected chi connectivity index (χ1v) is 10.9. The van der Waals surface area contributed by atoms with Crippen molar-refractivity contribution in [1.82, 2.24) is 4.31 Å². The third-order valence-electron chi connectivity index (χ3n) is 4.67. The zero-order valence-corrected chi connectivity index (χ0v) is 16.5. The van der Waals surface area contributed by atoms with Crippen molar-refractivity contribution in [2.45, 2.75) is 32.3 Å². The number of hydrogen-bond acceptors (Lipinski definition) is 3.